The Morgan fingerprint density at radius 1 is 1.29 bits per heavy atom. The van der Waals surface area contributed by atoms with Crippen LogP contribution in [0.4, 0.5) is 4.39 Å². The van der Waals surface area contributed by atoms with Gasteiger partial charge in [-0.3, -0.25) is 4.79 Å². The largest absolute Gasteiger partial charge is 0.467 e. The zero-order valence-electron chi connectivity index (χ0n) is 18.7. The molecule has 0 unspecified atom stereocenters. The number of carbonyl (C=O) groups excluding carboxylic acids is 1. The van der Waals surface area contributed by atoms with Crippen molar-refractivity contribution in [3.05, 3.63) is 48.2 Å². The Morgan fingerprint density at radius 3 is 2.71 bits per heavy atom. The first-order valence-electron chi connectivity index (χ1n) is 10.6. The number of imidazole rings is 1. The molecule has 2 aromatic heterocycles. The molecule has 1 fully saturated rings. The quantitative estimate of drug-likeness (QED) is 0.507. The van der Waals surface area contributed by atoms with Gasteiger partial charge in [-0.25, -0.2) is 14.4 Å². The summed E-state index contributed by atoms with van der Waals surface area (Å²) in [7, 11) is 1.45. The molecule has 1 saturated heterocycles. The second kappa shape index (κ2) is 9.94. The molecular formula is C23H23FN6O4. The minimum atomic E-state index is -1.86. The van der Waals surface area contributed by atoms with Gasteiger partial charge in [0.25, 0.3) is 5.91 Å². The zero-order chi connectivity index (χ0) is 24.1. The second-order valence-corrected chi connectivity index (χ2v) is 7.75. The average Bonchev–Trinajstić information content (AvgIpc) is 3.31. The van der Waals surface area contributed by atoms with E-state index in [2.05, 4.69) is 25.3 Å². The number of hydrogen-bond donors (Lipinski definition) is 2. The fraction of sp³-hybridized carbons (Fsp3) is 0.348. The second-order valence-electron chi connectivity index (χ2n) is 7.75. The molecule has 3 aromatic rings. The van der Waals surface area contributed by atoms with E-state index in [9.17, 15) is 9.18 Å². The van der Waals surface area contributed by atoms with Crippen LogP contribution in [0.2, 0.25) is 0 Å². The number of nitriles is 1. The third-order valence-electron chi connectivity index (χ3n) is 5.17. The molecule has 1 aliphatic heterocycles. The lowest BCUT2D eigenvalue weighted by atomic mass is 10.1. The molecule has 176 valence electrons. The summed E-state index contributed by atoms with van der Waals surface area (Å²) >= 11 is 0. The van der Waals surface area contributed by atoms with Crippen molar-refractivity contribution in [2.45, 2.75) is 19.1 Å². The molecule has 1 aliphatic rings. The van der Waals surface area contributed by atoms with Crippen LogP contribution in [0.1, 0.15) is 19.2 Å². The highest BCUT2D eigenvalue weighted by Gasteiger charge is 2.49. The van der Waals surface area contributed by atoms with Crippen LogP contribution in [0.5, 0.6) is 6.01 Å². The number of rotatable bonds is 7. The smallest absolute Gasteiger partial charge is 0.316 e. The number of hydrogen-bond acceptors (Lipinski definition) is 8. The maximum Gasteiger partial charge on any atom is 0.316 e. The highest BCUT2D eigenvalue weighted by Crippen LogP contribution is 2.37. The van der Waals surface area contributed by atoms with Crippen molar-refractivity contribution in [2.75, 3.05) is 26.9 Å². The average molecular weight is 466 g/mol. The van der Waals surface area contributed by atoms with Crippen LogP contribution in [0.3, 0.4) is 0 Å². The van der Waals surface area contributed by atoms with Gasteiger partial charge in [-0.2, -0.15) is 10.2 Å². The van der Waals surface area contributed by atoms with E-state index in [0.717, 1.165) is 0 Å². The first-order chi connectivity index (χ1) is 16.5. The number of carbonyl (C=O) groups is 1. The van der Waals surface area contributed by atoms with Gasteiger partial charge in [0.05, 0.1) is 49.9 Å². The van der Waals surface area contributed by atoms with Crippen molar-refractivity contribution in [1.82, 2.24) is 25.3 Å². The number of aromatic amines is 1. The molecule has 0 spiro atoms. The van der Waals surface area contributed by atoms with Gasteiger partial charge in [-0.15, -0.1) is 0 Å². The van der Waals surface area contributed by atoms with E-state index >= 15 is 0 Å². The number of benzene rings is 1. The molecule has 1 aromatic carbocycles. The Bertz CT molecular complexity index is 1200. The van der Waals surface area contributed by atoms with E-state index < -0.39 is 17.5 Å². The fourth-order valence-corrected chi connectivity index (χ4v) is 3.44. The summed E-state index contributed by atoms with van der Waals surface area (Å²) in [6.07, 6.45) is 1.65. The summed E-state index contributed by atoms with van der Waals surface area (Å²) in [5.41, 5.74) is 1.87. The third kappa shape index (κ3) is 4.59. The fourth-order valence-electron chi connectivity index (χ4n) is 3.44. The molecule has 2 N–H and O–H groups in total. The molecule has 0 radical (unpaired) electrons. The first-order valence-corrected chi connectivity index (χ1v) is 10.6. The number of methoxy groups -OCH3 is 1. The highest BCUT2D eigenvalue weighted by atomic mass is 19.1. The van der Waals surface area contributed by atoms with Crippen LogP contribution >= 0.6 is 0 Å². The van der Waals surface area contributed by atoms with Crippen LogP contribution in [-0.2, 0) is 20.1 Å². The zero-order valence-corrected chi connectivity index (χ0v) is 18.7. The molecule has 1 amide bonds. The van der Waals surface area contributed by atoms with Crippen LogP contribution in [0.25, 0.3) is 22.6 Å². The maximum absolute atomic E-state index is 13.6. The number of halogens is 1. The van der Waals surface area contributed by atoms with Crippen molar-refractivity contribution in [2.24, 2.45) is 5.92 Å². The molecule has 0 aliphatic carbocycles. The molecule has 11 heteroatoms. The summed E-state index contributed by atoms with van der Waals surface area (Å²) < 4.78 is 30.6. The summed E-state index contributed by atoms with van der Waals surface area (Å²) in [5.74, 6) is -2.67. The molecule has 0 bridgehead atoms. The van der Waals surface area contributed by atoms with Gasteiger partial charge in [0, 0.05) is 24.2 Å². The molecular weight excluding hydrogens is 443 g/mol. The monoisotopic (exact) mass is 466 g/mol. The van der Waals surface area contributed by atoms with Gasteiger partial charge in [0.1, 0.15) is 5.82 Å². The Morgan fingerprint density at radius 2 is 2.03 bits per heavy atom. The van der Waals surface area contributed by atoms with Crippen molar-refractivity contribution in [1.29, 1.82) is 5.26 Å². The summed E-state index contributed by atoms with van der Waals surface area (Å²) in [4.78, 5) is 29.4. The molecule has 4 rings (SSSR count). The number of amides is 1. The van der Waals surface area contributed by atoms with E-state index in [1.165, 1.54) is 25.4 Å². The van der Waals surface area contributed by atoms with Crippen LogP contribution < -0.4 is 10.1 Å². The molecule has 10 nitrogen and oxygen atoms in total. The standard InChI is InChI=1S/C23H23FN6O4/c1-14-12-33-23(34-13-14,21(31)26-10-3-9-25)20-29-18(15-4-6-16(24)7-5-15)19(30-20)17-8-11-27-22(28-17)32-2/h4-8,11,14H,3,10,12-13H2,1-2H3,(H,26,31)(H,29,30). The number of H-pyrrole nitrogens is 1. The van der Waals surface area contributed by atoms with Gasteiger partial charge >= 0.3 is 11.8 Å². The van der Waals surface area contributed by atoms with Crippen molar-refractivity contribution >= 4 is 5.91 Å². The lowest BCUT2D eigenvalue weighted by Gasteiger charge is -2.36. The predicted molar refractivity (Wildman–Crippen MR) is 118 cm³/mol. The van der Waals surface area contributed by atoms with E-state index in [1.807, 2.05) is 13.0 Å². The van der Waals surface area contributed by atoms with E-state index in [-0.39, 0.29) is 43.9 Å². The van der Waals surface area contributed by atoms with Crippen LogP contribution in [0.15, 0.2) is 36.5 Å². The summed E-state index contributed by atoms with van der Waals surface area (Å²) in [6, 6.07) is 9.54. The minimum Gasteiger partial charge on any atom is -0.467 e. The Balaban J connectivity index is 1.84. The molecule has 34 heavy (non-hydrogen) atoms. The van der Waals surface area contributed by atoms with Crippen molar-refractivity contribution < 1.29 is 23.4 Å². The lowest BCUT2D eigenvalue weighted by Crippen LogP contribution is -2.53. The van der Waals surface area contributed by atoms with Crippen molar-refractivity contribution in [3.8, 4) is 34.7 Å². The van der Waals surface area contributed by atoms with Gasteiger partial charge in [-0.05, 0) is 30.3 Å². The normalized spacial score (nSPS) is 19.9. The van der Waals surface area contributed by atoms with Gasteiger partial charge in [0.15, 0.2) is 5.82 Å². The number of nitrogens with one attached hydrogen (secondary N) is 2. The minimum absolute atomic E-state index is 0.0668. The first kappa shape index (κ1) is 23.3. The van der Waals surface area contributed by atoms with Gasteiger partial charge in [-0.1, -0.05) is 6.92 Å². The van der Waals surface area contributed by atoms with Crippen LogP contribution in [-0.4, -0.2) is 52.7 Å². The van der Waals surface area contributed by atoms with E-state index in [1.54, 1.807) is 18.2 Å². The molecule has 0 atom stereocenters. The van der Waals surface area contributed by atoms with Crippen LogP contribution in [0, 0.1) is 23.1 Å². The number of nitrogens with zero attached hydrogens (tertiary/aromatic N) is 4. The maximum atomic E-state index is 13.6. The van der Waals surface area contributed by atoms with E-state index in [4.69, 9.17) is 19.5 Å². The SMILES string of the molecule is COc1nccc(-c2[nH]c(C3(C(=O)NCCC#N)OCC(C)CO3)nc2-c2ccc(F)cc2)n1. The molecule has 0 saturated carbocycles. The van der Waals surface area contributed by atoms with Gasteiger partial charge < -0.3 is 24.5 Å². The Hall–Kier alpha value is -3.88. The predicted octanol–water partition coefficient (Wildman–Crippen LogP) is 2.55. The highest BCUT2D eigenvalue weighted by molar-refractivity contribution is 5.86. The Labute approximate surface area is 195 Å². The number of ether oxygens (including phenoxy) is 3. The van der Waals surface area contributed by atoms with E-state index in [0.29, 0.717) is 22.6 Å². The summed E-state index contributed by atoms with van der Waals surface area (Å²) in [5, 5.41) is 11.5. The van der Waals surface area contributed by atoms with Gasteiger partial charge in [0.2, 0.25) is 0 Å². The topological polar surface area (TPSA) is 135 Å². The Kier molecular flexibility index (Phi) is 6.81. The summed E-state index contributed by atoms with van der Waals surface area (Å²) in [6.45, 7) is 2.58. The number of aromatic nitrogens is 4. The lowest BCUT2D eigenvalue weighted by molar-refractivity contribution is -0.277. The molecule has 3 heterocycles. The third-order valence-corrected chi connectivity index (χ3v) is 5.17. The van der Waals surface area contributed by atoms with Crippen molar-refractivity contribution in [3.63, 3.8) is 0 Å².